The molecule has 13 heteroatoms. The Labute approximate surface area is 389 Å². The summed E-state index contributed by atoms with van der Waals surface area (Å²) in [6.07, 6.45) is 0.116. The number of carbonyl (C=O) groups is 6. The van der Waals surface area contributed by atoms with Crippen molar-refractivity contribution in [1.29, 1.82) is 0 Å². The van der Waals surface area contributed by atoms with Gasteiger partial charge in [0.1, 0.15) is 24.2 Å². The summed E-state index contributed by atoms with van der Waals surface area (Å²) in [6.45, 7) is 7.70. The minimum atomic E-state index is -1.16. The van der Waals surface area contributed by atoms with Crippen molar-refractivity contribution in [3.63, 3.8) is 0 Å². The molecular weight excluding hydrogens is 837 g/mol. The Hall–Kier alpha value is -6.34. The second kappa shape index (κ2) is 27.2. The van der Waals surface area contributed by atoms with Gasteiger partial charge in [-0.25, -0.2) is 9.59 Å². The Morgan fingerprint density at radius 3 is 0.955 bits per heavy atom. The van der Waals surface area contributed by atoms with E-state index in [1.807, 2.05) is 149 Å². The number of methoxy groups -OCH3 is 2. The number of carbonyl (C=O) groups excluding carboxylic acids is 6. The van der Waals surface area contributed by atoms with Gasteiger partial charge >= 0.3 is 11.9 Å². The Kier molecular flexibility index (Phi) is 21.6. The first-order valence-electron chi connectivity index (χ1n) is 22.9. The maximum absolute atomic E-state index is 14.4. The predicted octanol–water partition coefficient (Wildman–Crippen LogP) is 5.71. The SMILES string of the molecule is COC(=O)[C@H](Cc1ccccc1)NC(=O)[C@H](CC(C)C)NC(=O)[C@H](Cc1ccccc1)CC(O)C[C@H](Cc1ccccc1)C(=O)N[C@@H](CC(C)C)C(=O)N[C@@H](Cc1ccccc1)C(=O)OC. The second-order valence-corrected chi connectivity index (χ2v) is 17.8. The minimum Gasteiger partial charge on any atom is -0.467 e. The molecule has 0 spiro atoms. The van der Waals surface area contributed by atoms with Gasteiger partial charge in [0.15, 0.2) is 0 Å². The molecule has 0 aliphatic carbocycles. The van der Waals surface area contributed by atoms with Gasteiger partial charge in [-0.3, -0.25) is 19.2 Å². The molecule has 4 aromatic carbocycles. The van der Waals surface area contributed by atoms with E-state index in [0.717, 1.165) is 22.3 Å². The van der Waals surface area contributed by atoms with Gasteiger partial charge in [-0.15, -0.1) is 0 Å². The van der Waals surface area contributed by atoms with Crippen molar-refractivity contribution in [2.75, 3.05) is 14.2 Å². The van der Waals surface area contributed by atoms with Crippen molar-refractivity contribution in [2.45, 2.75) is 109 Å². The Morgan fingerprint density at radius 1 is 0.409 bits per heavy atom. The zero-order valence-electron chi connectivity index (χ0n) is 39.1. The van der Waals surface area contributed by atoms with Crippen molar-refractivity contribution in [2.24, 2.45) is 23.7 Å². The molecule has 4 rings (SSSR count). The fourth-order valence-electron chi connectivity index (χ4n) is 8.02. The van der Waals surface area contributed by atoms with E-state index >= 15 is 0 Å². The van der Waals surface area contributed by atoms with Crippen LogP contribution in [0.3, 0.4) is 0 Å². The van der Waals surface area contributed by atoms with Crippen LogP contribution >= 0.6 is 0 Å². The molecule has 0 aromatic heterocycles. The summed E-state index contributed by atoms with van der Waals surface area (Å²) >= 11 is 0. The van der Waals surface area contributed by atoms with Crippen LogP contribution in [0.1, 0.15) is 75.6 Å². The first-order valence-corrected chi connectivity index (χ1v) is 22.9. The Bertz CT molecular complexity index is 1970. The van der Waals surface area contributed by atoms with E-state index in [1.165, 1.54) is 14.2 Å². The number of amides is 4. The lowest BCUT2D eigenvalue weighted by Gasteiger charge is -2.28. The molecule has 13 nitrogen and oxygen atoms in total. The number of nitrogens with one attached hydrogen (secondary N) is 4. The van der Waals surface area contributed by atoms with E-state index < -0.39 is 77.7 Å². The molecule has 0 saturated heterocycles. The van der Waals surface area contributed by atoms with Crippen LogP contribution in [-0.2, 0) is 63.9 Å². The lowest BCUT2D eigenvalue weighted by molar-refractivity contribution is -0.145. The van der Waals surface area contributed by atoms with Gasteiger partial charge in [-0.05, 0) is 72.6 Å². The molecule has 0 aliphatic rings. The third-order valence-corrected chi connectivity index (χ3v) is 11.4. The van der Waals surface area contributed by atoms with Crippen LogP contribution < -0.4 is 21.3 Å². The molecule has 0 bridgehead atoms. The second-order valence-electron chi connectivity index (χ2n) is 17.8. The fraction of sp³-hybridized carbons (Fsp3) is 0.434. The van der Waals surface area contributed by atoms with Gasteiger partial charge in [0.05, 0.1) is 20.3 Å². The Balaban J connectivity index is 1.57. The number of aliphatic hydroxyl groups excluding tert-OH is 1. The molecule has 4 aromatic rings. The van der Waals surface area contributed by atoms with Gasteiger partial charge in [-0.1, -0.05) is 149 Å². The van der Waals surface area contributed by atoms with Gasteiger partial charge in [0.25, 0.3) is 0 Å². The largest absolute Gasteiger partial charge is 0.467 e. The molecule has 0 radical (unpaired) electrons. The molecule has 7 atom stereocenters. The quantitative estimate of drug-likeness (QED) is 0.0492. The van der Waals surface area contributed by atoms with E-state index in [0.29, 0.717) is 0 Å². The van der Waals surface area contributed by atoms with Crippen LogP contribution in [0.5, 0.6) is 0 Å². The standard InChI is InChI=1S/C53H68N4O9/c1-35(2)27-44(50(61)56-46(52(63)65-5)31-39-23-15-9-16-24-39)54-48(59)41(29-37-19-11-7-12-20-37)33-43(58)34-42(30-38-21-13-8-14-22-38)49(60)55-45(28-36(3)4)51(62)57-47(53(64)66-6)32-40-25-17-10-18-26-40/h7-26,35-36,41-47,58H,27-34H2,1-6H3,(H,54,59)(H,55,60)(H,56,61)(H,57,62)/t41-,42+,43?,44-,45-,46-,47-/m0/s1. The first kappa shape index (κ1) is 52.3. The molecule has 0 heterocycles. The van der Waals surface area contributed by atoms with Crippen molar-refractivity contribution in [1.82, 2.24) is 21.3 Å². The molecule has 0 saturated carbocycles. The average molecular weight is 905 g/mol. The van der Waals surface area contributed by atoms with Crippen LogP contribution in [0.2, 0.25) is 0 Å². The highest BCUT2D eigenvalue weighted by Gasteiger charge is 2.34. The third kappa shape index (κ3) is 17.9. The lowest BCUT2D eigenvalue weighted by atomic mass is 9.86. The molecule has 1 unspecified atom stereocenters. The summed E-state index contributed by atoms with van der Waals surface area (Å²) in [4.78, 5) is 82.4. The monoisotopic (exact) mass is 904 g/mol. The number of esters is 2. The van der Waals surface area contributed by atoms with E-state index in [2.05, 4.69) is 21.3 Å². The lowest BCUT2D eigenvalue weighted by Crippen LogP contribution is -2.54. The summed E-state index contributed by atoms with van der Waals surface area (Å²) in [5, 5.41) is 23.4. The summed E-state index contributed by atoms with van der Waals surface area (Å²) in [7, 11) is 2.51. The highest BCUT2D eigenvalue weighted by Crippen LogP contribution is 2.23. The number of hydrogen-bond acceptors (Lipinski definition) is 9. The number of aliphatic hydroxyl groups is 1. The zero-order chi connectivity index (χ0) is 48.0. The van der Waals surface area contributed by atoms with Crippen molar-refractivity contribution >= 4 is 35.6 Å². The zero-order valence-corrected chi connectivity index (χ0v) is 39.1. The van der Waals surface area contributed by atoms with E-state index in [4.69, 9.17) is 9.47 Å². The van der Waals surface area contributed by atoms with Crippen molar-refractivity contribution in [3.05, 3.63) is 144 Å². The normalized spacial score (nSPS) is 14.4. The minimum absolute atomic E-state index is 0.0148. The van der Waals surface area contributed by atoms with Gasteiger partial charge < -0.3 is 35.8 Å². The molecule has 0 aliphatic heterocycles. The number of ether oxygens (including phenoxy) is 2. The van der Waals surface area contributed by atoms with E-state index in [-0.39, 0.29) is 63.2 Å². The third-order valence-electron chi connectivity index (χ3n) is 11.4. The van der Waals surface area contributed by atoms with Crippen molar-refractivity contribution < 1.29 is 43.3 Å². The van der Waals surface area contributed by atoms with Crippen molar-refractivity contribution in [3.8, 4) is 0 Å². The molecule has 4 amide bonds. The van der Waals surface area contributed by atoms with Crippen LogP contribution in [0, 0.1) is 23.7 Å². The molecule has 66 heavy (non-hydrogen) atoms. The summed E-state index contributed by atoms with van der Waals surface area (Å²) in [5.74, 6) is -4.95. The molecule has 5 N–H and O–H groups in total. The van der Waals surface area contributed by atoms with Crippen LogP contribution in [0.15, 0.2) is 121 Å². The van der Waals surface area contributed by atoms with Gasteiger partial charge in [0, 0.05) is 24.7 Å². The topological polar surface area (TPSA) is 189 Å². The maximum atomic E-state index is 14.4. The fourth-order valence-corrected chi connectivity index (χ4v) is 8.02. The van der Waals surface area contributed by atoms with Crippen LogP contribution in [0.4, 0.5) is 0 Å². The van der Waals surface area contributed by atoms with E-state index in [9.17, 15) is 33.9 Å². The molecule has 354 valence electrons. The highest BCUT2D eigenvalue weighted by molar-refractivity contribution is 5.92. The first-order chi connectivity index (χ1) is 31.6. The summed E-state index contributed by atoms with van der Waals surface area (Å²) in [5.41, 5.74) is 3.31. The Morgan fingerprint density at radius 2 is 0.682 bits per heavy atom. The van der Waals surface area contributed by atoms with Gasteiger partial charge in [0.2, 0.25) is 23.6 Å². The number of rotatable bonds is 26. The predicted molar refractivity (Wildman–Crippen MR) is 253 cm³/mol. The average Bonchev–Trinajstić information content (AvgIpc) is 3.30. The molecule has 0 fully saturated rings. The number of hydrogen-bond donors (Lipinski definition) is 5. The van der Waals surface area contributed by atoms with Crippen LogP contribution in [0.25, 0.3) is 0 Å². The summed E-state index contributed by atoms with van der Waals surface area (Å²) < 4.78 is 10.0. The maximum Gasteiger partial charge on any atom is 0.328 e. The van der Waals surface area contributed by atoms with E-state index in [1.54, 1.807) is 0 Å². The smallest absolute Gasteiger partial charge is 0.328 e. The van der Waals surface area contributed by atoms with Gasteiger partial charge in [-0.2, -0.15) is 0 Å². The highest BCUT2D eigenvalue weighted by atomic mass is 16.5. The van der Waals surface area contributed by atoms with Crippen LogP contribution in [-0.4, -0.2) is 85.2 Å². The molecular formula is C53H68N4O9. The summed E-state index contributed by atoms with van der Waals surface area (Å²) in [6, 6.07) is 33.1. The number of benzene rings is 4.